The van der Waals surface area contributed by atoms with E-state index in [2.05, 4.69) is 19.2 Å². The number of amides is 1. The van der Waals surface area contributed by atoms with Crippen LogP contribution in [0.1, 0.15) is 24.2 Å². The van der Waals surface area contributed by atoms with Crippen LogP contribution in [-0.4, -0.2) is 44.0 Å². The van der Waals surface area contributed by atoms with Gasteiger partial charge in [-0.2, -0.15) is 0 Å². The van der Waals surface area contributed by atoms with E-state index in [-0.39, 0.29) is 19.1 Å². The molecule has 0 aliphatic carbocycles. The summed E-state index contributed by atoms with van der Waals surface area (Å²) in [6.07, 6.45) is 0. The average molecular weight is 281 g/mol. The number of ether oxygens (including phenoxy) is 2. The van der Waals surface area contributed by atoms with Crippen molar-refractivity contribution in [2.75, 3.05) is 26.9 Å². The van der Waals surface area contributed by atoms with E-state index >= 15 is 0 Å². The van der Waals surface area contributed by atoms with Crippen molar-refractivity contribution in [1.82, 2.24) is 5.32 Å². The Bertz CT molecular complexity index is 403. The zero-order valence-corrected chi connectivity index (χ0v) is 12.3. The maximum atomic E-state index is 11.9. The molecule has 0 aliphatic rings. The Morgan fingerprint density at radius 1 is 1.25 bits per heavy atom. The summed E-state index contributed by atoms with van der Waals surface area (Å²) in [6, 6.07) is 6.53. The third kappa shape index (κ3) is 5.59. The van der Waals surface area contributed by atoms with Crippen molar-refractivity contribution in [2.24, 2.45) is 5.92 Å². The van der Waals surface area contributed by atoms with Gasteiger partial charge in [-0.1, -0.05) is 13.8 Å². The minimum absolute atomic E-state index is 0.158. The zero-order chi connectivity index (χ0) is 15.0. The Balaban J connectivity index is 2.56. The van der Waals surface area contributed by atoms with Crippen LogP contribution in [-0.2, 0) is 4.74 Å². The molecule has 0 bridgehead atoms. The average Bonchev–Trinajstić information content (AvgIpc) is 2.45. The standard InChI is InChI=1S/C15H23NO4/c1-11(2)9-20-14-6-4-12(5-7-14)15(18)16-13(8-17)10-19-3/h4-7,11,13,17H,8-10H2,1-3H3,(H,16,18). The highest BCUT2D eigenvalue weighted by Crippen LogP contribution is 2.13. The Hall–Kier alpha value is -1.59. The van der Waals surface area contributed by atoms with Gasteiger partial charge in [0.1, 0.15) is 5.75 Å². The van der Waals surface area contributed by atoms with Crippen LogP contribution >= 0.6 is 0 Å². The molecule has 0 heterocycles. The van der Waals surface area contributed by atoms with Gasteiger partial charge in [-0.05, 0) is 30.2 Å². The lowest BCUT2D eigenvalue weighted by Gasteiger charge is -2.15. The number of carbonyl (C=O) groups excluding carboxylic acids is 1. The lowest BCUT2D eigenvalue weighted by Crippen LogP contribution is -2.40. The lowest BCUT2D eigenvalue weighted by atomic mass is 10.2. The predicted octanol–water partition coefficient (Wildman–Crippen LogP) is 1.46. The van der Waals surface area contributed by atoms with Gasteiger partial charge in [0.05, 0.1) is 25.9 Å². The number of methoxy groups -OCH3 is 1. The number of hydrogen-bond acceptors (Lipinski definition) is 4. The normalized spacial score (nSPS) is 12.2. The van der Waals surface area contributed by atoms with Crippen molar-refractivity contribution in [2.45, 2.75) is 19.9 Å². The minimum Gasteiger partial charge on any atom is -0.493 e. The Kier molecular flexibility index (Phi) is 7.04. The SMILES string of the molecule is COCC(CO)NC(=O)c1ccc(OCC(C)C)cc1. The molecular weight excluding hydrogens is 258 g/mol. The van der Waals surface area contributed by atoms with Crippen molar-refractivity contribution in [3.63, 3.8) is 0 Å². The highest BCUT2D eigenvalue weighted by Gasteiger charge is 2.12. The van der Waals surface area contributed by atoms with Gasteiger partial charge in [-0.3, -0.25) is 4.79 Å². The summed E-state index contributed by atoms with van der Waals surface area (Å²) in [7, 11) is 1.52. The second-order valence-corrected chi connectivity index (χ2v) is 5.04. The summed E-state index contributed by atoms with van der Waals surface area (Å²) in [4.78, 5) is 11.9. The van der Waals surface area contributed by atoms with E-state index in [0.29, 0.717) is 18.1 Å². The molecule has 1 aromatic carbocycles. The van der Waals surface area contributed by atoms with Gasteiger partial charge in [-0.15, -0.1) is 0 Å². The second-order valence-electron chi connectivity index (χ2n) is 5.04. The molecule has 0 radical (unpaired) electrons. The number of hydrogen-bond donors (Lipinski definition) is 2. The lowest BCUT2D eigenvalue weighted by molar-refractivity contribution is 0.0839. The molecule has 2 N–H and O–H groups in total. The van der Waals surface area contributed by atoms with Gasteiger partial charge in [0.15, 0.2) is 0 Å². The van der Waals surface area contributed by atoms with Gasteiger partial charge >= 0.3 is 0 Å². The third-order valence-corrected chi connectivity index (χ3v) is 2.62. The Morgan fingerprint density at radius 2 is 1.90 bits per heavy atom. The van der Waals surface area contributed by atoms with Crippen LogP contribution in [0.2, 0.25) is 0 Å². The number of nitrogens with one attached hydrogen (secondary N) is 1. The fourth-order valence-corrected chi connectivity index (χ4v) is 1.58. The summed E-state index contributed by atoms with van der Waals surface area (Å²) in [5.74, 6) is 0.958. The molecule has 0 spiro atoms. The van der Waals surface area contributed by atoms with Crippen molar-refractivity contribution >= 4 is 5.91 Å². The highest BCUT2D eigenvalue weighted by molar-refractivity contribution is 5.94. The van der Waals surface area contributed by atoms with Gasteiger partial charge in [0.25, 0.3) is 5.91 Å². The van der Waals surface area contributed by atoms with E-state index in [1.807, 2.05) is 0 Å². The predicted molar refractivity (Wildman–Crippen MR) is 77.0 cm³/mol. The highest BCUT2D eigenvalue weighted by atomic mass is 16.5. The van der Waals surface area contributed by atoms with Crippen molar-refractivity contribution in [1.29, 1.82) is 0 Å². The summed E-state index contributed by atoms with van der Waals surface area (Å²) in [5.41, 5.74) is 0.524. The van der Waals surface area contributed by atoms with E-state index in [1.165, 1.54) is 7.11 Å². The van der Waals surface area contributed by atoms with Gasteiger partial charge in [0, 0.05) is 12.7 Å². The quantitative estimate of drug-likeness (QED) is 0.757. The number of carbonyl (C=O) groups is 1. The molecule has 112 valence electrons. The third-order valence-electron chi connectivity index (χ3n) is 2.62. The molecule has 5 heteroatoms. The van der Waals surface area contributed by atoms with Gasteiger partial charge in [-0.25, -0.2) is 0 Å². The maximum absolute atomic E-state index is 11.9. The minimum atomic E-state index is -0.399. The van der Waals surface area contributed by atoms with E-state index in [0.717, 1.165) is 5.75 Å². The monoisotopic (exact) mass is 281 g/mol. The molecule has 0 fully saturated rings. The van der Waals surface area contributed by atoms with E-state index in [4.69, 9.17) is 14.6 Å². The molecular formula is C15H23NO4. The smallest absolute Gasteiger partial charge is 0.251 e. The maximum Gasteiger partial charge on any atom is 0.251 e. The van der Waals surface area contributed by atoms with Gasteiger partial charge in [0.2, 0.25) is 0 Å². The van der Waals surface area contributed by atoms with Crippen molar-refractivity contribution in [3.8, 4) is 5.75 Å². The largest absolute Gasteiger partial charge is 0.493 e. The molecule has 0 aliphatic heterocycles. The molecule has 20 heavy (non-hydrogen) atoms. The second kappa shape index (κ2) is 8.55. The molecule has 0 saturated heterocycles. The van der Waals surface area contributed by atoms with Crippen LogP contribution in [0.4, 0.5) is 0 Å². The van der Waals surface area contributed by atoms with Gasteiger partial charge < -0.3 is 19.9 Å². The van der Waals surface area contributed by atoms with Crippen LogP contribution < -0.4 is 10.1 Å². The van der Waals surface area contributed by atoms with Crippen LogP contribution in [0.25, 0.3) is 0 Å². The molecule has 1 aromatic rings. The van der Waals surface area contributed by atoms with Crippen LogP contribution in [0.3, 0.4) is 0 Å². The van der Waals surface area contributed by atoms with Crippen LogP contribution in [0.15, 0.2) is 24.3 Å². The summed E-state index contributed by atoms with van der Waals surface area (Å²) >= 11 is 0. The first-order chi connectivity index (χ1) is 9.56. The number of aliphatic hydroxyl groups excluding tert-OH is 1. The molecule has 0 saturated carbocycles. The molecule has 0 aromatic heterocycles. The Morgan fingerprint density at radius 3 is 2.40 bits per heavy atom. The molecule has 1 amide bonds. The van der Waals surface area contributed by atoms with Crippen molar-refractivity contribution in [3.05, 3.63) is 29.8 Å². The summed E-state index contributed by atoms with van der Waals surface area (Å²) < 4.78 is 10.5. The molecule has 1 rings (SSSR count). The first kappa shape index (κ1) is 16.5. The molecule has 1 unspecified atom stereocenters. The van der Waals surface area contributed by atoms with Crippen LogP contribution in [0, 0.1) is 5.92 Å². The zero-order valence-electron chi connectivity index (χ0n) is 12.3. The van der Waals surface area contributed by atoms with Crippen molar-refractivity contribution < 1.29 is 19.4 Å². The fraction of sp³-hybridized carbons (Fsp3) is 0.533. The van der Waals surface area contributed by atoms with E-state index in [9.17, 15) is 4.79 Å². The van der Waals surface area contributed by atoms with Crippen LogP contribution in [0.5, 0.6) is 5.75 Å². The number of benzene rings is 1. The number of aliphatic hydroxyl groups is 1. The fourth-order valence-electron chi connectivity index (χ4n) is 1.58. The number of rotatable bonds is 8. The summed E-state index contributed by atoms with van der Waals surface area (Å²) in [6.45, 7) is 4.91. The molecule has 1 atom stereocenters. The van der Waals surface area contributed by atoms with E-state index < -0.39 is 6.04 Å². The van der Waals surface area contributed by atoms with E-state index in [1.54, 1.807) is 24.3 Å². The summed E-state index contributed by atoms with van der Waals surface area (Å²) in [5, 5.41) is 11.8. The first-order valence-electron chi connectivity index (χ1n) is 6.70. The topological polar surface area (TPSA) is 67.8 Å². The Labute approximate surface area is 119 Å². The first-order valence-corrected chi connectivity index (χ1v) is 6.70. The molecule has 5 nitrogen and oxygen atoms in total.